The number of aromatic nitrogens is 1. The van der Waals surface area contributed by atoms with Gasteiger partial charge in [0.1, 0.15) is 0 Å². The number of aliphatic hydroxyl groups is 1. The van der Waals surface area contributed by atoms with Gasteiger partial charge in [0.2, 0.25) is 10.0 Å². The van der Waals surface area contributed by atoms with E-state index in [2.05, 4.69) is 14.6 Å². The van der Waals surface area contributed by atoms with Crippen LogP contribution in [-0.4, -0.2) is 55.7 Å². The summed E-state index contributed by atoms with van der Waals surface area (Å²) in [5.74, 6) is -0.614. The fraction of sp³-hybridized carbons (Fsp3) is 0.562. The molecule has 1 atom stereocenters. The van der Waals surface area contributed by atoms with E-state index >= 15 is 0 Å². The maximum atomic E-state index is 12.6. The molecule has 3 rings (SSSR count). The highest BCUT2D eigenvalue weighted by molar-refractivity contribution is 7.89. The smallest absolute Gasteiger partial charge is 0.408 e. The zero-order chi connectivity index (χ0) is 18.0. The van der Waals surface area contributed by atoms with Crippen molar-refractivity contribution in [3.63, 3.8) is 0 Å². The monoisotopic (exact) mass is 369 g/mol. The van der Waals surface area contributed by atoms with Crippen molar-refractivity contribution >= 4 is 21.1 Å². The molecule has 8 nitrogen and oxygen atoms in total. The molecule has 2 aromatic rings. The van der Waals surface area contributed by atoms with Gasteiger partial charge >= 0.3 is 5.76 Å². The summed E-state index contributed by atoms with van der Waals surface area (Å²) in [5.41, 5.74) is 1.22. The van der Waals surface area contributed by atoms with Crippen molar-refractivity contribution in [2.24, 2.45) is 0 Å². The molecule has 0 amide bonds. The molecule has 138 valence electrons. The largest absolute Gasteiger partial charge is 0.417 e. The lowest BCUT2D eigenvalue weighted by Crippen LogP contribution is -2.45. The Kier molecular flexibility index (Phi) is 5.28. The molecule has 25 heavy (non-hydrogen) atoms. The van der Waals surface area contributed by atoms with Crippen LogP contribution in [0, 0.1) is 6.92 Å². The van der Waals surface area contributed by atoms with Crippen molar-refractivity contribution < 1.29 is 17.9 Å². The first kappa shape index (κ1) is 18.1. The quantitative estimate of drug-likeness (QED) is 0.685. The molecule has 1 aliphatic rings. The van der Waals surface area contributed by atoms with Crippen LogP contribution < -0.4 is 10.5 Å². The Hall–Kier alpha value is -1.68. The number of aryl methyl sites for hydroxylation is 1. The Morgan fingerprint density at radius 2 is 2.20 bits per heavy atom. The lowest BCUT2D eigenvalue weighted by Gasteiger charge is -2.34. The summed E-state index contributed by atoms with van der Waals surface area (Å²) in [6.07, 6.45) is 3.09. The molecule has 9 heteroatoms. The van der Waals surface area contributed by atoms with E-state index in [1.807, 2.05) is 0 Å². The first-order valence-electron chi connectivity index (χ1n) is 8.39. The molecule has 0 radical (unpaired) electrons. The fourth-order valence-corrected chi connectivity index (χ4v) is 4.60. The molecule has 0 saturated carbocycles. The van der Waals surface area contributed by atoms with Gasteiger partial charge in [0.15, 0.2) is 5.58 Å². The van der Waals surface area contributed by atoms with Crippen LogP contribution in [0.4, 0.5) is 0 Å². The van der Waals surface area contributed by atoms with Crippen LogP contribution >= 0.6 is 0 Å². The molecule has 3 N–H and O–H groups in total. The van der Waals surface area contributed by atoms with Crippen molar-refractivity contribution in [1.82, 2.24) is 14.6 Å². The van der Waals surface area contributed by atoms with Crippen LogP contribution in [0.1, 0.15) is 24.8 Å². The van der Waals surface area contributed by atoms with E-state index in [-0.39, 0.29) is 29.7 Å². The van der Waals surface area contributed by atoms with E-state index in [4.69, 9.17) is 4.42 Å². The summed E-state index contributed by atoms with van der Waals surface area (Å²) >= 11 is 0. The van der Waals surface area contributed by atoms with E-state index < -0.39 is 15.8 Å². The Balaban J connectivity index is 1.71. The minimum atomic E-state index is -3.71. The molecule has 0 bridgehead atoms. The number of nitrogens with one attached hydrogen (secondary N) is 2. The maximum Gasteiger partial charge on any atom is 0.417 e. The summed E-state index contributed by atoms with van der Waals surface area (Å²) in [5, 5.41) is 9.42. The van der Waals surface area contributed by atoms with Crippen LogP contribution in [0.15, 0.2) is 26.2 Å². The molecule has 0 unspecified atom stereocenters. The number of hydrogen-bond acceptors (Lipinski definition) is 6. The summed E-state index contributed by atoms with van der Waals surface area (Å²) in [7, 11) is -3.71. The van der Waals surface area contributed by atoms with Gasteiger partial charge in [-0.2, -0.15) is 0 Å². The average molecular weight is 369 g/mol. The number of hydrogen-bond donors (Lipinski definition) is 3. The van der Waals surface area contributed by atoms with Gasteiger partial charge in [0, 0.05) is 25.2 Å². The van der Waals surface area contributed by atoms with Gasteiger partial charge in [-0.05, 0) is 37.9 Å². The molecule has 0 aliphatic carbocycles. The number of oxazole rings is 1. The Bertz CT molecular complexity index is 902. The fourth-order valence-electron chi connectivity index (χ4n) is 3.34. The van der Waals surface area contributed by atoms with Gasteiger partial charge in [0.05, 0.1) is 17.0 Å². The third kappa shape index (κ3) is 3.95. The number of sulfonamides is 1. The average Bonchev–Trinajstić information content (AvgIpc) is 2.93. The van der Waals surface area contributed by atoms with Crippen LogP contribution in [-0.2, 0) is 10.0 Å². The zero-order valence-corrected chi connectivity index (χ0v) is 14.9. The first-order chi connectivity index (χ1) is 11.9. The predicted molar refractivity (Wildman–Crippen MR) is 93.1 cm³/mol. The number of aliphatic hydroxyl groups excluding tert-OH is 1. The summed E-state index contributed by atoms with van der Waals surface area (Å²) in [4.78, 5) is 16.0. The van der Waals surface area contributed by atoms with Crippen LogP contribution in [0.5, 0.6) is 0 Å². The number of likely N-dealkylation sites (tertiary alicyclic amines) is 1. The topological polar surface area (TPSA) is 116 Å². The number of fused-ring (bicyclic) bond motifs is 1. The number of aromatic amines is 1. The van der Waals surface area contributed by atoms with Gasteiger partial charge in [-0.25, -0.2) is 17.9 Å². The summed E-state index contributed by atoms with van der Waals surface area (Å²) in [6.45, 7) is 3.44. The second kappa shape index (κ2) is 7.28. The normalized spacial score (nSPS) is 19.5. The number of benzene rings is 1. The van der Waals surface area contributed by atoms with Gasteiger partial charge in [-0.1, -0.05) is 6.42 Å². The molecule has 1 aromatic carbocycles. The van der Waals surface area contributed by atoms with E-state index in [9.17, 15) is 18.3 Å². The van der Waals surface area contributed by atoms with Crippen molar-refractivity contribution in [3.05, 3.63) is 28.2 Å². The second-order valence-electron chi connectivity index (χ2n) is 6.39. The third-order valence-electron chi connectivity index (χ3n) is 4.66. The number of rotatable bonds is 6. The Morgan fingerprint density at radius 1 is 1.40 bits per heavy atom. The lowest BCUT2D eigenvalue weighted by molar-refractivity contribution is 0.0923. The summed E-state index contributed by atoms with van der Waals surface area (Å²) < 4.78 is 32.7. The van der Waals surface area contributed by atoms with Crippen molar-refractivity contribution in [1.29, 1.82) is 0 Å². The van der Waals surface area contributed by atoms with E-state index in [1.165, 1.54) is 6.07 Å². The highest BCUT2D eigenvalue weighted by Gasteiger charge is 2.23. The van der Waals surface area contributed by atoms with E-state index in [0.717, 1.165) is 25.8 Å². The van der Waals surface area contributed by atoms with E-state index in [0.29, 0.717) is 17.6 Å². The predicted octanol–water partition coefficient (Wildman–Crippen LogP) is 0.555. The number of nitrogens with zero attached hydrogens (tertiary/aromatic N) is 1. The molecule has 1 fully saturated rings. The number of H-pyrrole nitrogens is 1. The molecule has 0 spiro atoms. The van der Waals surface area contributed by atoms with E-state index in [1.54, 1.807) is 13.0 Å². The van der Waals surface area contributed by atoms with Crippen molar-refractivity contribution in [3.8, 4) is 0 Å². The Morgan fingerprint density at radius 3 is 2.96 bits per heavy atom. The highest BCUT2D eigenvalue weighted by atomic mass is 32.2. The van der Waals surface area contributed by atoms with Crippen LogP contribution in [0.3, 0.4) is 0 Å². The standard InChI is InChI=1S/C16H23N3O5S/c1-11-8-13-14(24-16(21)18-13)9-15(11)25(22,23)17-5-7-19-6-3-2-4-12(19)10-20/h8-9,12,17,20H,2-7,10H2,1H3,(H,18,21)/t12-/m1/s1. The van der Waals surface area contributed by atoms with Crippen LogP contribution in [0.25, 0.3) is 11.1 Å². The minimum Gasteiger partial charge on any atom is -0.408 e. The first-order valence-corrected chi connectivity index (χ1v) is 9.87. The molecular formula is C16H23N3O5S. The van der Waals surface area contributed by atoms with Gasteiger partial charge in [0.25, 0.3) is 0 Å². The lowest BCUT2D eigenvalue weighted by atomic mass is 10.0. The van der Waals surface area contributed by atoms with Gasteiger partial charge in [-0.15, -0.1) is 0 Å². The molecule has 2 heterocycles. The number of piperidine rings is 1. The minimum absolute atomic E-state index is 0.0923. The molecule has 1 aromatic heterocycles. The molecule has 1 aliphatic heterocycles. The molecular weight excluding hydrogens is 346 g/mol. The SMILES string of the molecule is Cc1cc2[nH]c(=O)oc2cc1S(=O)(=O)NCCN1CCCC[C@@H]1CO. The Labute approximate surface area is 145 Å². The highest BCUT2D eigenvalue weighted by Crippen LogP contribution is 2.21. The van der Waals surface area contributed by atoms with Gasteiger partial charge < -0.3 is 9.52 Å². The summed E-state index contributed by atoms with van der Waals surface area (Å²) in [6, 6.07) is 3.05. The third-order valence-corrected chi connectivity index (χ3v) is 6.26. The maximum absolute atomic E-state index is 12.6. The van der Waals surface area contributed by atoms with Crippen molar-refractivity contribution in [2.75, 3.05) is 26.2 Å². The second-order valence-corrected chi connectivity index (χ2v) is 8.13. The van der Waals surface area contributed by atoms with Crippen molar-refractivity contribution in [2.45, 2.75) is 37.1 Å². The molecule has 1 saturated heterocycles. The van der Waals surface area contributed by atoms with Gasteiger partial charge in [-0.3, -0.25) is 9.88 Å². The zero-order valence-electron chi connectivity index (χ0n) is 14.1. The van der Waals surface area contributed by atoms with Crippen LogP contribution in [0.2, 0.25) is 0 Å².